The van der Waals surface area contributed by atoms with Gasteiger partial charge in [0.15, 0.2) is 0 Å². The Bertz CT molecular complexity index is 639. The van der Waals surface area contributed by atoms with Crippen molar-refractivity contribution in [2.45, 2.75) is 6.92 Å². The summed E-state index contributed by atoms with van der Waals surface area (Å²) in [6, 6.07) is 0. The molecule has 2 N–H and O–H groups in total. The summed E-state index contributed by atoms with van der Waals surface area (Å²) in [6.45, 7) is 5.44. The van der Waals surface area contributed by atoms with E-state index in [-0.39, 0.29) is 22.6 Å². The van der Waals surface area contributed by atoms with E-state index < -0.39 is 5.56 Å². The molecule has 2 aromatic rings. The smallest absolute Gasteiger partial charge is 0.262 e. The molecule has 0 aromatic carbocycles. The van der Waals surface area contributed by atoms with Crippen molar-refractivity contribution in [3.63, 3.8) is 0 Å². The van der Waals surface area contributed by atoms with Crippen molar-refractivity contribution >= 4 is 17.0 Å². The molecule has 0 unspecified atom stereocenters. The van der Waals surface area contributed by atoms with Gasteiger partial charge < -0.3 is 14.7 Å². The van der Waals surface area contributed by atoms with Gasteiger partial charge in [-0.15, -0.1) is 6.58 Å². The van der Waals surface area contributed by atoms with Crippen LogP contribution in [0.1, 0.15) is 16.1 Å². The number of hydrogen-bond acceptors (Lipinski definition) is 4. The predicted octanol–water partition coefficient (Wildman–Crippen LogP) is 0.740. The van der Waals surface area contributed by atoms with Crippen molar-refractivity contribution in [3.05, 3.63) is 40.7 Å². The van der Waals surface area contributed by atoms with Gasteiger partial charge in [0.1, 0.15) is 11.1 Å². The first-order valence-electron chi connectivity index (χ1n) is 5.01. The number of H-pyrrole nitrogens is 1. The van der Waals surface area contributed by atoms with E-state index in [4.69, 9.17) is 4.42 Å². The molecule has 6 nitrogen and oxygen atoms in total. The highest BCUT2D eigenvalue weighted by Gasteiger charge is 2.20. The molecule has 0 saturated heterocycles. The Kier molecular flexibility index (Phi) is 2.78. The molecule has 0 atom stereocenters. The Balaban J connectivity index is 2.60. The summed E-state index contributed by atoms with van der Waals surface area (Å²) in [6.07, 6.45) is 2.79. The van der Waals surface area contributed by atoms with Crippen molar-refractivity contribution in [1.82, 2.24) is 15.3 Å². The number of aryl methyl sites for hydroxylation is 1. The van der Waals surface area contributed by atoms with Crippen LogP contribution < -0.4 is 10.9 Å². The second kappa shape index (κ2) is 4.25. The van der Waals surface area contributed by atoms with Crippen molar-refractivity contribution in [3.8, 4) is 0 Å². The van der Waals surface area contributed by atoms with Gasteiger partial charge in [-0.05, 0) is 6.92 Å². The molecule has 17 heavy (non-hydrogen) atoms. The molecule has 0 radical (unpaired) electrons. The number of fused-ring (bicyclic) bond motifs is 1. The van der Waals surface area contributed by atoms with E-state index in [1.54, 1.807) is 13.0 Å². The van der Waals surface area contributed by atoms with Gasteiger partial charge in [-0.25, -0.2) is 4.98 Å². The van der Waals surface area contributed by atoms with Crippen LogP contribution in [0.15, 0.2) is 28.2 Å². The number of nitrogens with one attached hydrogen (secondary N) is 2. The zero-order valence-electron chi connectivity index (χ0n) is 9.24. The highest BCUT2D eigenvalue weighted by atomic mass is 16.3. The summed E-state index contributed by atoms with van der Waals surface area (Å²) in [7, 11) is 0. The zero-order valence-corrected chi connectivity index (χ0v) is 9.24. The number of aromatic amines is 1. The van der Waals surface area contributed by atoms with Crippen LogP contribution in [0.3, 0.4) is 0 Å². The molecular formula is C11H11N3O3. The largest absolute Gasteiger partial charge is 0.442 e. The van der Waals surface area contributed by atoms with Crippen LogP contribution in [0, 0.1) is 6.92 Å². The quantitative estimate of drug-likeness (QED) is 0.765. The Morgan fingerprint density at radius 1 is 1.71 bits per heavy atom. The lowest BCUT2D eigenvalue weighted by atomic mass is 10.2. The monoisotopic (exact) mass is 233 g/mol. The maximum absolute atomic E-state index is 11.9. The van der Waals surface area contributed by atoms with Crippen molar-refractivity contribution in [2.75, 3.05) is 6.54 Å². The first-order chi connectivity index (χ1) is 8.15. The van der Waals surface area contributed by atoms with E-state index in [0.717, 1.165) is 0 Å². The molecule has 0 aliphatic carbocycles. The molecule has 0 spiro atoms. The molecule has 2 rings (SSSR count). The van der Waals surface area contributed by atoms with Gasteiger partial charge in [-0.1, -0.05) is 6.08 Å². The molecule has 1 amide bonds. The third-order valence-electron chi connectivity index (χ3n) is 2.30. The Hall–Kier alpha value is -2.37. The van der Waals surface area contributed by atoms with Gasteiger partial charge in [0.25, 0.3) is 11.5 Å². The Morgan fingerprint density at radius 3 is 3.18 bits per heavy atom. The van der Waals surface area contributed by atoms with Gasteiger partial charge in [0.05, 0.1) is 11.9 Å². The number of rotatable bonds is 3. The summed E-state index contributed by atoms with van der Waals surface area (Å²) in [5.41, 5.74) is -0.0122. The lowest BCUT2D eigenvalue weighted by Crippen LogP contribution is -2.25. The van der Waals surface area contributed by atoms with Crippen molar-refractivity contribution < 1.29 is 9.21 Å². The minimum atomic E-state index is -0.393. The number of hydrogen-bond donors (Lipinski definition) is 2. The predicted molar refractivity (Wildman–Crippen MR) is 61.9 cm³/mol. The lowest BCUT2D eigenvalue weighted by molar-refractivity contribution is 0.0958. The number of furan rings is 1. The molecule has 0 aliphatic rings. The van der Waals surface area contributed by atoms with Crippen LogP contribution in [0.25, 0.3) is 11.1 Å². The zero-order chi connectivity index (χ0) is 12.4. The van der Waals surface area contributed by atoms with Crippen LogP contribution in [0.5, 0.6) is 0 Å². The molecular weight excluding hydrogens is 222 g/mol. The minimum absolute atomic E-state index is 0.162. The first-order valence-corrected chi connectivity index (χ1v) is 5.01. The van der Waals surface area contributed by atoms with Gasteiger partial charge in [-0.2, -0.15) is 0 Å². The average molecular weight is 233 g/mol. The molecule has 2 aromatic heterocycles. The van der Waals surface area contributed by atoms with Gasteiger partial charge >= 0.3 is 0 Å². The molecule has 2 heterocycles. The second-order valence-corrected chi connectivity index (χ2v) is 3.44. The van der Waals surface area contributed by atoms with Crippen LogP contribution >= 0.6 is 0 Å². The minimum Gasteiger partial charge on any atom is -0.442 e. The van der Waals surface area contributed by atoms with E-state index in [1.165, 1.54) is 6.33 Å². The summed E-state index contributed by atoms with van der Waals surface area (Å²) in [5.74, 6) is -0.00888. The van der Waals surface area contributed by atoms with Crippen LogP contribution in [0.2, 0.25) is 0 Å². The fourth-order valence-electron chi connectivity index (χ4n) is 1.58. The number of carbonyl (C=O) groups excluding carboxylic acids is 1. The van der Waals surface area contributed by atoms with E-state index in [1.807, 2.05) is 0 Å². The van der Waals surface area contributed by atoms with E-state index >= 15 is 0 Å². The summed E-state index contributed by atoms with van der Waals surface area (Å²) in [4.78, 5) is 29.8. The SMILES string of the molecule is C=CCNC(=O)c1c(C)oc2nc[nH]c(=O)c12. The normalized spacial score (nSPS) is 10.4. The maximum atomic E-state index is 11.9. The van der Waals surface area contributed by atoms with Crippen LogP contribution in [-0.4, -0.2) is 22.4 Å². The Morgan fingerprint density at radius 2 is 2.47 bits per heavy atom. The van der Waals surface area contributed by atoms with E-state index in [2.05, 4.69) is 21.9 Å². The third kappa shape index (κ3) is 1.84. The summed E-state index contributed by atoms with van der Waals surface area (Å²) >= 11 is 0. The molecule has 0 saturated carbocycles. The summed E-state index contributed by atoms with van der Waals surface area (Å²) < 4.78 is 5.26. The topological polar surface area (TPSA) is 88.0 Å². The summed E-state index contributed by atoms with van der Waals surface area (Å²) in [5, 5.41) is 2.77. The number of amides is 1. The number of nitrogens with zero attached hydrogens (tertiary/aromatic N) is 1. The fraction of sp³-hybridized carbons (Fsp3) is 0.182. The number of aromatic nitrogens is 2. The van der Waals surface area contributed by atoms with Crippen molar-refractivity contribution in [2.24, 2.45) is 0 Å². The highest BCUT2D eigenvalue weighted by molar-refractivity contribution is 6.06. The molecule has 6 heteroatoms. The third-order valence-corrected chi connectivity index (χ3v) is 2.30. The molecule has 0 aliphatic heterocycles. The number of carbonyl (C=O) groups is 1. The standard InChI is InChI=1S/C11H11N3O3/c1-3-4-12-9(15)7-6(2)17-11-8(7)10(16)13-5-14-11/h3,5H,1,4H2,2H3,(H,12,15)(H,13,14,16). The molecule has 0 bridgehead atoms. The van der Waals surface area contributed by atoms with Gasteiger partial charge in [0.2, 0.25) is 5.71 Å². The van der Waals surface area contributed by atoms with Gasteiger partial charge in [0, 0.05) is 6.54 Å². The van der Waals surface area contributed by atoms with E-state index in [0.29, 0.717) is 12.3 Å². The van der Waals surface area contributed by atoms with Gasteiger partial charge in [-0.3, -0.25) is 9.59 Å². The highest BCUT2D eigenvalue weighted by Crippen LogP contribution is 2.19. The van der Waals surface area contributed by atoms with Crippen LogP contribution in [-0.2, 0) is 0 Å². The molecule has 0 fully saturated rings. The van der Waals surface area contributed by atoms with Crippen molar-refractivity contribution in [1.29, 1.82) is 0 Å². The van der Waals surface area contributed by atoms with E-state index in [9.17, 15) is 9.59 Å². The average Bonchev–Trinajstić information content (AvgIpc) is 2.64. The first kappa shape index (κ1) is 11.1. The Labute approximate surface area is 96.4 Å². The van der Waals surface area contributed by atoms with Crippen LogP contribution in [0.4, 0.5) is 0 Å². The molecule has 88 valence electrons. The lowest BCUT2D eigenvalue weighted by Gasteiger charge is -2.00. The second-order valence-electron chi connectivity index (χ2n) is 3.44. The maximum Gasteiger partial charge on any atom is 0.262 e. The fourth-order valence-corrected chi connectivity index (χ4v) is 1.58.